The highest BCUT2D eigenvalue weighted by atomic mass is 32.2. The lowest BCUT2D eigenvalue weighted by Gasteiger charge is -2.14. The van der Waals surface area contributed by atoms with E-state index in [9.17, 15) is 18.0 Å². The largest absolute Gasteiger partial charge is 0.465 e. The highest BCUT2D eigenvalue weighted by Crippen LogP contribution is 2.16. The molecule has 0 spiro atoms. The number of carbonyl (C=O) groups excluding carboxylic acids is 2. The van der Waals surface area contributed by atoms with Crippen molar-refractivity contribution in [2.75, 3.05) is 21.3 Å². The van der Waals surface area contributed by atoms with Crippen LogP contribution in [0.15, 0.2) is 53.4 Å². The van der Waals surface area contributed by atoms with E-state index in [1.54, 1.807) is 24.3 Å². The normalized spacial score (nSPS) is 11.3. The fourth-order valence-corrected chi connectivity index (χ4v) is 3.12. The van der Waals surface area contributed by atoms with Crippen molar-refractivity contribution < 1.29 is 32.3 Å². The van der Waals surface area contributed by atoms with Gasteiger partial charge in [0.15, 0.2) is 0 Å². The second-order valence-electron chi connectivity index (χ2n) is 5.39. The summed E-state index contributed by atoms with van der Waals surface area (Å²) in [4.78, 5) is 28.3. The molecule has 144 valence electrons. The van der Waals surface area contributed by atoms with Gasteiger partial charge in [0.25, 0.3) is 10.0 Å². The molecule has 0 aliphatic carbocycles. The van der Waals surface area contributed by atoms with Crippen LogP contribution in [0.1, 0.15) is 26.3 Å². The first-order valence-electron chi connectivity index (χ1n) is 7.77. The van der Waals surface area contributed by atoms with Gasteiger partial charge in [-0.2, -0.15) is 0 Å². The van der Waals surface area contributed by atoms with Crippen LogP contribution in [0.4, 0.5) is 0 Å². The Bertz CT molecular complexity index is 923. The van der Waals surface area contributed by atoms with Crippen LogP contribution in [-0.2, 0) is 30.9 Å². The zero-order valence-corrected chi connectivity index (χ0v) is 15.9. The lowest BCUT2D eigenvalue weighted by atomic mass is 10.1. The Morgan fingerprint density at radius 2 is 1.63 bits per heavy atom. The Kier molecular flexibility index (Phi) is 6.67. The van der Waals surface area contributed by atoms with Gasteiger partial charge in [-0.15, -0.1) is 0 Å². The molecule has 0 aliphatic heterocycles. The maximum absolute atomic E-state index is 12.1. The van der Waals surface area contributed by atoms with E-state index in [0.717, 1.165) is 0 Å². The van der Waals surface area contributed by atoms with Gasteiger partial charge in [-0.1, -0.05) is 16.6 Å². The summed E-state index contributed by atoms with van der Waals surface area (Å²) in [5.41, 5.74) is 1.16. The minimum Gasteiger partial charge on any atom is -0.465 e. The number of rotatable bonds is 7. The number of hydrogen-bond acceptors (Lipinski definition) is 7. The molecule has 0 atom stereocenters. The number of benzene rings is 2. The highest BCUT2D eigenvalue weighted by Gasteiger charge is 2.21. The predicted octanol–water partition coefficient (Wildman–Crippen LogP) is 2.01. The van der Waals surface area contributed by atoms with Crippen LogP contribution in [0.5, 0.6) is 0 Å². The summed E-state index contributed by atoms with van der Waals surface area (Å²) in [6, 6.07) is 11.8. The molecule has 0 aliphatic rings. The molecule has 0 fully saturated rings. The Balaban J connectivity index is 2.06. The van der Waals surface area contributed by atoms with E-state index >= 15 is 0 Å². The van der Waals surface area contributed by atoms with Gasteiger partial charge in [0.2, 0.25) is 0 Å². The van der Waals surface area contributed by atoms with Gasteiger partial charge in [-0.25, -0.2) is 18.0 Å². The summed E-state index contributed by atoms with van der Waals surface area (Å²) >= 11 is 0. The Morgan fingerprint density at radius 3 is 2.22 bits per heavy atom. The monoisotopic (exact) mass is 393 g/mol. The number of methoxy groups -OCH3 is 1. The Hall–Kier alpha value is -2.75. The third-order valence-corrected chi connectivity index (χ3v) is 5.40. The van der Waals surface area contributed by atoms with Crippen molar-refractivity contribution in [2.24, 2.45) is 0 Å². The zero-order chi connectivity index (χ0) is 20.0. The van der Waals surface area contributed by atoms with Crippen molar-refractivity contribution in [3.8, 4) is 0 Å². The maximum atomic E-state index is 12.1. The molecule has 2 aromatic rings. The van der Waals surface area contributed by atoms with Gasteiger partial charge in [-0.3, -0.25) is 4.84 Å². The summed E-state index contributed by atoms with van der Waals surface area (Å²) in [5.74, 6) is -1.11. The first kappa shape index (κ1) is 20.6. The lowest BCUT2D eigenvalue weighted by molar-refractivity contribution is -0.0258. The van der Waals surface area contributed by atoms with Gasteiger partial charge in [0.05, 0.1) is 30.2 Å². The lowest BCUT2D eigenvalue weighted by Crippen LogP contribution is -2.25. The van der Waals surface area contributed by atoms with Crippen LogP contribution in [0.25, 0.3) is 0 Å². The van der Waals surface area contributed by atoms with E-state index < -0.39 is 22.0 Å². The number of ether oxygens (including phenoxy) is 2. The molecule has 0 radical (unpaired) electrons. The molecule has 8 nitrogen and oxygen atoms in total. The van der Waals surface area contributed by atoms with Gasteiger partial charge >= 0.3 is 11.9 Å². The average molecular weight is 393 g/mol. The minimum atomic E-state index is -3.79. The van der Waals surface area contributed by atoms with Gasteiger partial charge in [0, 0.05) is 7.05 Å². The van der Waals surface area contributed by atoms with Gasteiger partial charge in [-0.05, 0) is 42.0 Å². The SMILES string of the molecule is COC(=O)c1cccc(COC(=O)c2ccc(S(=O)(=O)N(C)OC)cc2)c1. The molecule has 2 aromatic carbocycles. The molecule has 0 heterocycles. The number of nitrogens with zero attached hydrogens (tertiary/aromatic N) is 1. The van der Waals surface area contributed by atoms with Crippen molar-refractivity contribution in [2.45, 2.75) is 11.5 Å². The summed E-state index contributed by atoms with van der Waals surface area (Å²) in [6.45, 7) is -0.0455. The zero-order valence-electron chi connectivity index (χ0n) is 15.0. The number of hydroxylamine groups is 1. The summed E-state index contributed by atoms with van der Waals surface area (Å²) in [7, 11) is -0.00756. The molecule has 0 amide bonds. The molecule has 2 rings (SSSR count). The molecule has 0 aromatic heterocycles. The molecule has 0 saturated heterocycles. The third-order valence-electron chi connectivity index (χ3n) is 3.70. The molecule has 0 bridgehead atoms. The first-order chi connectivity index (χ1) is 12.8. The predicted molar refractivity (Wildman–Crippen MR) is 95.3 cm³/mol. The summed E-state index contributed by atoms with van der Waals surface area (Å²) in [5, 5.41) is 0. The Labute approximate surface area is 157 Å². The number of esters is 2. The van der Waals surface area contributed by atoms with Crippen molar-refractivity contribution in [3.63, 3.8) is 0 Å². The second-order valence-corrected chi connectivity index (χ2v) is 7.33. The number of carbonyl (C=O) groups is 2. The van der Waals surface area contributed by atoms with E-state index in [2.05, 4.69) is 9.57 Å². The van der Waals surface area contributed by atoms with Crippen LogP contribution in [0.3, 0.4) is 0 Å². The van der Waals surface area contributed by atoms with Gasteiger partial charge in [0.1, 0.15) is 6.61 Å². The molecular weight excluding hydrogens is 374 g/mol. The second kappa shape index (κ2) is 8.76. The molecule has 9 heteroatoms. The van der Waals surface area contributed by atoms with Crippen LogP contribution in [0.2, 0.25) is 0 Å². The van der Waals surface area contributed by atoms with Crippen molar-refractivity contribution in [1.29, 1.82) is 0 Å². The van der Waals surface area contributed by atoms with Crippen LogP contribution < -0.4 is 0 Å². The van der Waals surface area contributed by atoms with Crippen LogP contribution in [-0.4, -0.2) is 46.1 Å². The van der Waals surface area contributed by atoms with E-state index in [0.29, 0.717) is 15.6 Å². The van der Waals surface area contributed by atoms with Crippen molar-refractivity contribution in [3.05, 3.63) is 65.2 Å². The van der Waals surface area contributed by atoms with Gasteiger partial charge < -0.3 is 9.47 Å². The molecular formula is C18H19NO7S. The molecule has 0 unspecified atom stereocenters. The smallest absolute Gasteiger partial charge is 0.338 e. The summed E-state index contributed by atoms with van der Waals surface area (Å²) < 4.78 is 34.8. The van der Waals surface area contributed by atoms with E-state index in [4.69, 9.17) is 4.74 Å². The average Bonchev–Trinajstić information content (AvgIpc) is 2.70. The Morgan fingerprint density at radius 1 is 0.963 bits per heavy atom. The number of hydrogen-bond donors (Lipinski definition) is 0. The van der Waals surface area contributed by atoms with E-state index in [-0.39, 0.29) is 17.1 Å². The molecule has 0 N–H and O–H groups in total. The standard InChI is InChI=1S/C18H19NO7S/c1-19(25-3)27(22,23)16-9-7-14(8-10-16)18(21)26-12-13-5-4-6-15(11-13)17(20)24-2/h4-11H,12H2,1-3H3. The van der Waals surface area contributed by atoms with E-state index in [1.165, 1.54) is 45.5 Å². The molecule has 27 heavy (non-hydrogen) atoms. The third kappa shape index (κ3) is 4.91. The summed E-state index contributed by atoms with van der Waals surface area (Å²) in [6.07, 6.45) is 0. The van der Waals surface area contributed by atoms with E-state index in [1.807, 2.05) is 0 Å². The topological polar surface area (TPSA) is 99.2 Å². The first-order valence-corrected chi connectivity index (χ1v) is 9.21. The van der Waals surface area contributed by atoms with Crippen LogP contribution >= 0.6 is 0 Å². The van der Waals surface area contributed by atoms with Crippen molar-refractivity contribution >= 4 is 22.0 Å². The maximum Gasteiger partial charge on any atom is 0.338 e. The quantitative estimate of drug-likeness (QED) is 0.524. The van der Waals surface area contributed by atoms with Crippen molar-refractivity contribution in [1.82, 2.24) is 4.47 Å². The minimum absolute atomic E-state index is 0.0193. The number of sulfonamides is 1. The highest BCUT2D eigenvalue weighted by molar-refractivity contribution is 7.89. The fourth-order valence-electron chi connectivity index (χ4n) is 2.15. The fraction of sp³-hybridized carbons (Fsp3) is 0.222. The van der Waals surface area contributed by atoms with Crippen LogP contribution in [0, 0.1) is 0 Å². The molecule has 0 saturated carbocycles.